The van der Waals surface area contributed by atoms with Crippen LogP contribution in [0.5, 0.6) is 5.75 Å². The molecule has 0 fully saturated rings. The molecule has 7 nitrogen and oxygen atoms in total. The van der Waals surface area contributed by atoms with Crippen LogP contribution >= 0.6 is 22.9 Å². The third-order valence-corrected chi connectivity index (χ3v) is 4.72. The second-order valence-electron chi connectivity index (χ2n) is 5.32. The zero-order valence-corrected chi connectivity index (χ0v) is 15.1. The second kappa shape index (κ2) is 6.74. The van der Waals surface area contributed by atoms with Gasteiger partial charge in [0.15, 0.2) is 5.69 Å². The summed E-state index contributed by atoms with van der Waals surface area (Å²) >= 11 is 7.12. The molecule has 0 unspecified atom stereocenters. The van der Waals surface area contributed by atoms with E-state index in [0.29, 0.717) is 20.7 Å². The monoisotopic (exact) mass is 385 g/mol. The molecule has 4 aromatic rings. The minimum absolute atomic E-state index is 0.223. The SMILES string of the molecule is COc1ccc(Nc2nn3c(=O)c(-c4ccc(Cl)cc4)nnc3s2)cc1. The van der Waals surface area contributed by atoms with E-state index in [1.165, 1.54) is 15.9 Å². The highest BCUT2D eigenvalue weighted by atomic mass is 35.5. The first-order valence-corrected chi connectivity index (χ1v) is 8.77. The van der Waals surface area contributed by atoms with E-state index in [4.69, 9.17) is 16.3 Å². The van der Waals surface area contributed by atoms with Gasteiger partial charge in [0.2, 0.25) is 10.1 Å². The van der Waals surface area contributed by atoms with Crippen molar-refractivity contribution in [1.29, 1.82) is 0 Å². The molecule has 9 heteroatoms. The number of nitrogens with one attached hydrogen (secondary N) is 1. The number of methoxy groups -OCH3 is 1. The summed E-state index contributed by atoms with van der Waals surface area (Å²) in [5.74, 6) is 0.759. The molecule has 0 bridgehead atoms. The van der Waals surface area contributed by atoms with Crippen LogP contribution in [0.2, 0.25) is 5.02 Å². The number of aromatic nitrogens is 4. The van der Waals surface area contributed by atoms with Crippen LogP contribution in [0.15, 0.2) is 53.3 Å². The van der Waals surface area contributed by atoms with Gasteiger partial charge in [-0.25, -0.2) is 0 Å². The summed E-state index contributed by atoms with van der Waals surface area (Å²) in [6.45, 7) is 0. The molecule has 0 aliphatic carbocycles. The van der Waals surface area contributed by atoms with E-state index in [0.717, 1.165) is 11.4 Å². The molecular weight excluding hydrogens is 374 g/mol. The van der Waals surface area contributed by atoms with Gasteiger partial charge in [-0.1, -0.05) is 35.1 Å². The highest BCUT2D eigenvalue weighted by Crippen LogP contribution is 2.24. The number of hydrogen-bond acceptors (Lipinski definition) is 7. The average Bonchev–Trinajstić information content (AvgIpc) is 3.07. The Balaban J connectivity index is 1.69. The highest BCUT2D eigenvalue weighted by Gasteiger charge is 2.13. The van der Waals surface area contributed by atoms with Crippen LogP contribution in [0.1, 0.15) is 0 Å². The van der Waals surface area contributed by atoms with Crippen molar-refractivity contribution in [3.8, 4) is 17.0 Å². The number of nitrogens with zero attached hydrogens (tertiary/aromatic N) is 4. The van der Waals surface area contributed by atoms with Crippen LogP contribution in [-0.4, -0.2) is 26.9 Å². The minimum Gasteiger partial charge on any atom is -0.497 e. The Bertz CT molecular complexity index is 1120. The summed E-state index contributed by atoms with van der Waals surface area (Å²) in [6, 6.07) is 14.2. The van der Waals surface area contributed by atoms with E-state index >= 15 is 0 Å². The van der Waals surface area contributed by atoms with Crippen molar-refractivity contribution in [3.05, 3.63) is 63.9 Å². The van der Waals surface area contributed by atoms with Crippen LogP contribution in [0.4, 0.5) is 10.8 Å². The summed E-state index contributed by atoms with van der Waals surface area (Å²) in [5, 5.41) is 16.7. The van der Waals surface area contributed by atoms with E-state index in [1.807, 2.05) is 24.3 Å². The van der Waals surface area contributed by atoms with Gasteiger partial charge in [-0.15, -0.1) is 15.3 Å². The number of fused-ring (bicyclic) bond motifs is 1. The first-order valence-electron chi connectivity index (χ1n) is 7.57. The number of rotatable bonds is 4. The lowest BCUT2D eigenvalue weighted by molar-refractivity contribution is 0.415. The van der Waals surface area contributed by atoms with Crippen molar-refractivity contribution in [1.82, 2.24) is 19.8 Å². The molecule has 0 saturated carbocycles. The number of ether oxygens (including phenoxy) is 1. The Morgan fingerprint density at radius 3 is 2.50 bits per heavy atom. The summed E-state index contributed by atoms with van der Waals surface area (Å²) in [6.07, 6.45) is 0. The molecule has 4 rings (SSSR count). The third-order valence-electron chi connectivity index (χ3n) is 3.65. The Morgan fingerprint density at radius 2 is 1.81 bits per heavy atom. The van der Waals surface area contributed by atoms with Gasteiger partial charge in [-0.05, 0) is 36.4 Å². The molecule has 1 N–H and O–H groups in total. The first-order chi connectivity index (χ1) is 12.6. The third kappa shape index (κ3) is 3.12. The van der Waals surface area contributed by atoms with Crippen molar-refractivity contribution < 1.29 is 4.74 Å². The lowest BCUT2D eigenvalue weighted by atomic mass is 10.2. The Labute approximate surface area is 156 Å². The maximum Gasteiger partial charge on any atom is 0.302 e. The number of benzene rings is 2. The van der Waals surface area contributed by atoms with Gasteiger partial charge in [-0.3, -0.25) is 4.79 Å². The molecule has 2 aromatic heterocycles. The van der Waals surface area contributed by atoms with Crippen LogP contribution in [0.3, 0.4) is 0 Å². The second-order valence-corrected chi connectivity index (χ2v) is 6.71. The molecule has 2 heterocycles. The molecule has 0 aliphatic rings. The van der Waals surface area contributed by atoms with E-state index in [-0.39, 0.29) is 11.3 Å². The molecule has 0 spiro atoms. The van der Waals surface area contributed by atoms with E-state index in [9.17, 15) is 4.79 Å². The fraction of sp³-hybridized carbons (Fsp3) is 0.0588. The van der Waals surface area contributed by atoms with Gasteiger partial charge in [-0.2, -0.15) is 4.52 Å². The van der Waals surface area contributed by atoms with Gasteiger partial charge in [0, 0.05) is 16.3 Å². The van der Waals surface area contributed by atoms with Crippen molar-refractivity contribution in [3.63, 3.8) is 0 Å². The van der Waals surface area contributed by atoms with Crippen molar-refractivity contribution >= 4 is 38.7 Å². The van der Waals surface area contributed by atoms with Crippen LogP contribution < -0.4 is 15.6 Å². The maximum atomic E-state index is 12.7. The van der Waals surface area contributed by atoms with Gasteiger partial charge >= 0.3 is 5.56 Å². The van der Waals surface area contributed by atoms with Crippen molar-refractivity contribution in [2.45, 2.75) is 0 Å². The minimum atomic E-state index is -0.337. The fourth-order valence-corrected chi connectivity index (χ4v) is 3.23. The number of halogens is 1. The average molecular weight is 386 g/mol. The zero-order chi connectivity index (χ0) is 18.1. The largest absolute Gasteiger partial charge is 0.497 e. The maximum absolute atomic E-state index is 12.7. The van der Waals surface area contributed by atoms with Gasteiger partial charge in [0.05, 0.1) is 7.11 Å². The predicted octanol–water partition coefficient (Wildman–Crippen LogP) is 3.62. The van der Waals surface area contributed by atoms with Crippen LogP contribution in [0, 0.1) is 0 Å². The van der Waals surface area contributed by atoms with Gasteiger partial charge < -0.3 is 10.1 Å². The lowest BCUT2D eigenvalue weighted by Crippen LogP contribution is -2.19. The van der Waals surface area contributed by atoms with Crippen molar-refractivity contribution in [2.75, 3.05) is 12.4 Å². The Kier molecular flexibility index (Phi) is 4.27. The predicted molar refractivity (Wildman–Crippen MR) is 102 cm³/mol. The van der Waals surface area contributed by atoms with E-state index < -0.39 is 0 Å². The first kappa shape index (κ1) is 16.5. The Hall–Kier alpha value is -2.97. The topological polar surface area (TPSA) is 81.4 Å². The quantitative estimate of drug-likeness (QED) is 0.577. The summed E-state index contributed by atoms with van der Waals surface area (Å²) in [5.41, 5.74) is 1.35. The van der Waals surface area contributed by atoms with Crippen LogP contribution in [0.25, 0.3) is 16.2 Å². The number of anilines is 2. The number of hydrogen-bond donors (Lipinski definition) is 1. The zero-order valence-electron chi connectivity index (χ0n) is 13.5. The molecule has 0 saturated heterocycles. The van der Waals surface area contributed by atoms with Crippen LogP contribution in [-0.2, 0) is 0 Å². The molecular formula is C17H12ClN5O2S. The normalized spacial score (nSPS) is 10.8. The summed E-state index contributed by atoms with van der Waals surface area (Å²) in [7, 11) is 1.61. The fourth-order valence-electron chi connectivity index (χ4n) is 2.35. The van der Waals surface area contributed by atoms with Crippen molar-refractivity contribution in [2.24, 2.45) is 0 Å². The van der Waals surface area contributed by atoms with Gasteiger partial charge in [0.25, 0.3) is 0 Å². The van der Waals surface area contributed by atoms with E-state index in [2.05, 4.69) is 20.6 Å². The molecule has 26 heavy (non-hydrogen) atoms. The molecule has 0 aliphatic heterocycles. The molecule has 0 amide bonds. The Morgan fingerprint density at radius 1 is 1.08 bits per heavy atom. The summed E-state index contributed by atoms with van der Waals surface area (Å²) in [4.78, 5) is 13.1. The van der Waals surface area contributed by atoms with E-state index in [1.54, 1.807) is 31.4 Å². The smallest absolute Gasteiger partial charge is 0.302 e. The molecule has 2 aromatic carbocycles. The lowest BCUT2D eigenvalue weighted by Gasteiger charge is -2.03. The molecule has 0 radical (unpaired) electrons. The van der Waals surface area contributed by atoms with Gasteiger partial charge in [0.1, 0.15) is 5.75 Å². The molecule has 0 atom stereocenters. The standard InChI is InChI=1S/C17H12ClN5O2S/c1-25-13-8-6-12(7-9-13)19-16-22-23-15(24)14(20-21-17(23)26-16)10-2-4-11(18)5-3-10/h2-9H,1H3,(H,19,22). The summed E-state index contributed by atoms with van der Waals surface area (Å²) < 4.78 is 6.38. The highest BCUT2D eigenvalue weighted by molar-refractivity contribution is 7.20. The molecule has 130 valence electrons.